The van der Waals surface area contributed by atoms with Crippen molar-refractivity contribution in [1.29, 1.82) is 0 Å². The molecule has 1 aromatic heterocycles. The van der Waals surface area contributed by atoms with E-state index in [9.17, 15) is 5.11 Å². The van der Waals surface area contributed by atoms with Crippen LogP contribution in [0.15, 0.2) is 5.38 Å². The van der Waals surface area contributed by atoms with Crippen molar-refractivity contribution in [2.24, 2.45) is 0 Å². The summed E-state index contributed by atoms with van der Waals surface area (Å²) in [5.74, 6) is 0. The molecule has 0 aliphatic carbocycles. The minimum absolute atomic E-state index is 0.00319. The molecule has 3 nitrogen and oxygen atoms in total. The van der Waals surface area contributed by atoms with Crippen LogP contribution in [0.25, 0.3) is 0 Å². The molecule has 2 rings (SSSR count). The molecule has 1 aliphatic rings. The Morgan fingerprint density at radius 3 is 3.21 bits per heavy atom. The third-order valence-electron chi connectivity index (χ3n) is 2.24. The van der Waals surface area contributed by atoms with Crippen LogP contribution in [0.3, 0.4) is 0 Å². The van der Waals surface area contributed by atoms with Gasteiger partial charge in [-0.25, -0.2) is 4.98 Å². The first-order valence-electron chi connectivity index (χ1n) is 4.59. The van der Waals surface area contributed by atoms with E-state index in [-0.39, 0.29) is 12.2 Å². The third-order valence-corrected chi connectivity index (χ3v) is 3.80. The van der Waals surface area contributed by atoms with E-state index >= 15 is 0 Å². The van der Waals surface area contributed by atoms with Crippen molar-refractivity contribution in [3.63, 3.8) is 0 Å². The maximum atomic E-state index is 9.49. The summed E-state index contributed by atoms with van der Waals surface area (Å²) < 4.78 is 5.56. The Balaban J connectivity index is 2.06. The van der Waals surface area contributed by atoms with E-state index in [0.29, 0.717) is 13.0 Å². The van der Waals surface area contributed by atoms with Crippen molar-refractivity contribution in [3.8, 4) is 0 Å². The van der Waals surface area contributed by atoms with Gasteiger partial charge in [0.05, 0.1) is 11.8 Å². The first-order chi connectivity index (χ1) is 6.79. The molecule has 1 saturated heterocycles. The van der Waals surface area contributed by atoms with Crippen molar-refractivity contribution in [2.75, 3.05) is 6.61 Å². The number of ether oxygens (including phenoxy) is 1. The van der Waals surface area contributed by atoms with Gasteiger partial charge in [-0.2, -0.15) is 0 Å². The highest BCUT2D eigenvalue weighted by Crippen LogP contribution is 2.30. The number of aromatic nitrogens is 1. The van der Waals surface area contributed by atoms with Gasteiger partial charge in [0, 0.05) is 23.7 Å². The van der Waals surface area contributed by atoms with Crippen LogP contribution in [0, 0.1) is 0 Å². The van der Waals surface area contributed by atoms with Crippen LogP contribution in [0.4, 0.5) is 0 Å². The number of alkyl halides is 1. The summed E-state index contributed by atoms with van der Waals surface area (Å²) in [6, 6.07) is 0. The fourth-order valence-electron chi connectivity index (χ4n) is 1.48. The smallest absolute Gasteiger partial charge is 0.122 e. The number of aliphatic hydroxyl groups is 1. The fraction of sp³-hybridized carbons (Fsp3) is 0.667. The Hall–Kier alpha value is 0.0300. The molecule has 0 bridgehead atoms. The van der Waals surface area contributed by atoms with Crippen molar-refractivity contribution in [2.45, 2.75) is 30.4 Å². The van der Waals surface area contributed by atoms with Crippen LogP contribution in [0.2, 0.25) is 0 Å². The minimum Gasteiger partial charge on any atom is -0.393 e. The summed E-state index contributed by atoms with van der Waals surface area (Å²) in [7, 11) is 0. The predicted octanol–water partition coefficient (Wildman–Crippen LogP) is 2.25. The van der Waals surface area contributed by atoms with Crippen molar-refractivity contribution in [1.82, 2.24) is 4.98 Å². The molecule has 2 heterocycles. The lowest BCUT2D eigenvalue weighted by Gasteiger charge is -2.24. The van der Waals surface area contributed by atoms with E-state index in [2.05, 4.69) is 20.9 Å². The molecule has 5 heteroatoms. The van der Waals surface area contributed by atoms with Gasteiger partial charge in [0.15, 0.2) is 0 Å². The molecule has 2 unspecified atom stereocenters. The molecular formula is C9H12BrNO2S. The van der Waals surface area contributed by atoms with Gasteiger partial charge in [-0.1, -0.05) is 15.9 Å². The molecule has 0 saturated carbocycles. The van der Waals surface area contributed by atoms with Gasteiger partial charge in [-0.05, 0) is 6.42 Å². The topological polar surface area (TPSA) is 42.4 Å². The van der Waals surface area contributed by atoms with Crippen LogP contribution in [-0.4, -0.2) is 22.8 Å². The van der Waals surface area contributed by atoms with Gasteiger partial charge in [0.2, 0.25) is 0 Å². The Kier molecular flexibility index (Phi) is 3.54. The monoisotopic (exact) mass is 277 g/mol. The lowest BCUT2D eigenvalue weighted by atomic mass is 10.1. The fourth-order valence-corrected chi connectivity index (χ4v) is 2.86. The Bertz CT molecular complexity index is 305. The van der Waals surface area contributed by atoms with Crippen LogP contribution in [0.1, 0.15) is 29.6 Å². The summed E-state index contributed by atoms with van der Waals surface area (Å²) in [5.41, 5.74) is 1.04. The average molecular weight is 278 g/mol. The maximum absolute atomic E-state index is 9.49. The SMILES string of the molecule is OC1CCOC(c2nc(CBr)cs2)C1. The van der Waals surface area contributed by atoms with Gasteiger partial charge in [0.1, 0.15) is 11.1 Å². The van der Waals surface area contributed by atoms with E-state index in [4.69, 9.17) is 4.74 Å². The summed E-state index contributed by atoms with van der Waals surface area (Å²) in [6.07, 6.45) is 1.18. The van der Waals surface area contributed by atoms with Crippen molar-refractivity contribution in [3.05, 3.63) is 16.1 Å². The molecule has 0 spiro atoms. The molecule has 14 heavy (non-hydrogen) atoms. The molecule has 2 atom stereocenters. The summed E-state index contributed by atoms with van der Waals surface area (Å²) >= 11 is 4.97. The van der Waals surface area contributed by atoms with Crippen LogP contribution in [0.5, 0.6) is 0 Å². The first-order valence-corrected chi connectivity index (χ1v) is 6.59. The average Bonchev–Trinajstić information content (AvgIpc) is 2.66. The van der Waals surface area contributed by atoms with Gasteiger partial charge in [-0.15, -0.1) is 11.3 Å². The first kappa shape index (κ1) is 10.5. The number of aliphatic hydroxyl groups excluding tert-OH is 1. The largest absolute Gasteiger partial charge is 0.393 e. The minimum atomic E-state index is -0.231. The zero-order valence-electron chi connectivity index (χ0n) is 7.65. The van der Waals surface area contributed by atoms with Gasteiger partial charge >= 0.3 is 0 Å². The second-order valence-electron chi connectivity index (χ2n) is 3.35. The highest BCUT2D eigenvalue weighted by atomic mass is 79.9. The molecule has 1 aliphatic heterocycles. The Morgan fingerprint density at radius 2 is 2.57 bits per heavy atom. The van der Waals surface area contributed by atoms with E-state index < -0.39 is 0 Å². The second-order valence-corrected chi connectivity index (χ2v) is 4.80. The molecule has 1 N–H and O–H groups in total. The summed E-state index contributed by atoms with van der Waals surface area (Å²) in [6.45, 7) is 0.634. The molecule has 0 aromatic carbocycles. The van der Waals surface area contributed by atoms with Crippen molar-refractivity contribution >= 4 is 27.3 Å². The number of rotatable bonds is 2. The maximum Gasteiger partial charge on any atom is 0.122 e. The normalized spacial score (nSPS) is 27.9. The van der Waals surface area contributed by atoms with E-state index in [1.807, 2.05) is 5.38 Å². The van der Waals surface area contributed by atoms with Crippen LogP contribution in [-0.2, 0) is 10.1 Å². The zero-order valence-corrected chi connectivity index (χ0v) is 10.1. The van der Waals surface area contributed by atoms with E-state index in [1.54, 1.807) is 11.3 Å². The molecule has 78 valence electrons. The highest BCUT2D eigenvalue weighted by Gasteiger charge is 2.24. The number of nitrogens with zero attached hydrogens (tertiary/aromatic N) is 1. The molecule has 0 radical (unpaired) electrons. The van der Waals surface area contributed by atoms with Crippen LogP contribution < -0.4 is 0 Å². The molecule has 0 amide bonds. The number of hydrogen-bond acceptors (Lipinski definition) is 4. The highest BCUT2D eigenvalue weighted by molar-refractivity contribution is 9.08. The summed E-state index contributed by atoms with van der Waals surface area (Å²) in [5, 5.41) is 13.3. The standard InChI is InChI=1S/C9H12BrNO2S/c10-4-6-5-14-9(11-6)8-3-7(12)1-2-13-8/h5,7-8,12H,1-4H2. The number of halogens is 1. The van der Waals surface area contributed by atoms with Gasteiger partial charge < -0.3 is 9.84 Å². The summed E-state index contributed by atoms with van der Waals surface area (Å²) in [4.78, 5) is 4.42. The quantitative estimate of drug-likeness (QED) is 0.844. The predicted molar refractivity (Wildman–Crippen MR) is 58.7 cm³/mol. The number of thiazole rings is 1. The van der Waals surface area contributed by atoms with Gasteiger partial charge in [0.25, 0.3) is 0 Å². The number of hydrogen-bond donors (Lipinski definition) is 1. The second kappa shape index (κ2) is 4.70. The Labute approximate surface area is 95.3 Å². The third kappa shape index (κ3) is 2.34. The van der Waals surface area contributed by atoms with Crippen LogP contribution >= 0.6 is 27.3 Å². The van der Waals surface area contributed by atoms with E-state index in [0.717, 1.165) is 22.5 Å². The molecule has 1 fully saturated rings. The molecule has 1 aromatic rings. The van der Waals surface area contributed by atoms with Crippen molar-refractivity contribution < 1.29 is 9.84 Å². The lowest BCUT2D eigenvalue weighted by molar-refractivity contribution is -0.0448. The van der Waals surface area contributed by atoms with E-state index in [1.165, 1.54) is 0 Å². The Morgan fingerprint density at radius 1 is 1.71 bits per heavy atom. The lowest BCUT2D eigenvalue weighted by Crippen LogP contribution is -2.23. The zero-order chi connectivity index (χ0) is 9.97. The van der Waals surface area contributed by atoms with Gasteiger partial charge in [-0.3, -0.25) is 0 Å². The molecular weight excluding hydrogens is 266 g/mol.